The van der Waals surface area contributed by atoms with E-state index in [1.807, 2.05) is 0 Å². The van der Waals surface area contributed by atoms with E-state index < -0.39 is 0 Å². The van der Waals surface area contributed by atoms with E-state index in [1.165, 1.54) is 43.8 Å². The minimum atomic E-state index is 1.25. The first kappa shape index (κ1) is 14.9. The Morgan fingerprint density at radius 3 is 1.69 bits per heavy atom. The van der Waals surface area contributed by atoms with E-state index in [2.05, 4.69) is 109 Å². The molecular weight excluding hydrogens is 312 g/mol. The summed E-state index contributed by atoms with van der Waals surface area (Å²) in [5.74, 6) is 0. The van der Waals surface area contributed by atoms with Crippen LogP contribution < -0.4 is 0 Å². The number of fused-ring (bicyclic) bond motifs is 3. The Balaban J connectivity index is 1.83. The number of hydrogen-bond donors (Lipinski definition) is 0. The summed E-state index contributed by atoms with van der Waals surface area (Å²) >= 11 is 0. The molecule has 0 spiro atoms. The Bertz CT molecular complexity index is 1200. The van der Waals surface area contributed by atoms with Crippen LogP contribution in [0.4, 0.5) is 0 Å². The zero-order valence-electron chi connectivity index (χ0n) is 14.4. The van der Waals surface area contributed by atoms with Gasteiger partial charge in [-0.15, -0.1) is 0 Å². The van der Waals surface area contributed by atoms with Crippen molar-refractivity contribution in [2.45, 2.75) is 0 Å². The molecule has 0 heterocycles. The highest BCUT2D eigenvalue weighted by atomic mass is 14.1. The molecule has 0 aliphatic rings. The van der Waals surface area contributed by atoms with Crippen LogP contribution in [0.15, 0.2) is 109 Å². The van der Waals surface area contributed by atoms with Gasteiger partial charge < -0.3 is 0 Å². The normalized spacial score (nSPS) is 11.1. The summed E-state index contributed by atoms with van der Waals surface area (Å²) in [6, 6.07) is 39.1. The van der Waals surface area contributed by atoms with Crippen LogP contribution in [0, 0.1) is 0 Å². The maximum atomic E-state index is 2.33. The second-order valence-electron chi connectivity index (χ2n) is 6.64. The zero-order valence-corrected chi connectivity index (χ0v) is 14.4. The quantitative estimate of drug-likeness (QED) is 0.297. The van der Waals surface area contributed by atoms with Crippen LogP contribution in [0.25, 0.3) is 43.8 Å². The van der Waals surface area contributed by atoms with Crippen molar-refractivity contribution in [1.29, 1.82) is 0 Å². The summed E-state index contributed by atoms with van der Waals surface area (Å²) in [6.07, 6.45) is 0. The van der Waals surface area contributed by atoms with Gasteiger partial charge in [-0.2, -0.15) is 0 Å². The third kappa shape index (κ3) is 2.48. The van der Waals surface area contributed by atoms with E-state index in [-0.39, 0.29) is 0 Å². The van der Waals surface area contributed by atoms with Crippen LogP contribution in [0.2, 0.25) is 0 Å². The van der Waals surface area contributed by atoms with Gasteiger partial charge in [0.25, 0.3) is 0 Å². The van der Waals surface area contributed by atoms with E-state index >= 15 is 0 Å². The molecule has 0 saturated heterocycles. The third-order valence-electron chi connectivity index (χ3n) is 5.05. The number of hydrogen-bond acceptors (Lipinski definition) is 0. The predicted molar refractivity (Wildman–Crippen MR) is 112 cm³/mol. The van der Waals surface area contributed by atoms with Gasteiger partial charge in [0.2, 0.25) is 0 Å². The average Bonchev–Trinajstić information content (AvgIpc) is 2.74. The van der Waals surface area contributed by atoms with E-state index in [1.54, 1.807) is 0 Å². The summed E-state index contributed by atoms with van der Waals surface area (Å²) in [5, 5.41) is 5.20. The van der Waals surface area contributed by atoms with Crippen LogP contribution in [0.5, 0.6) is 0 Å². The summed E-state index contributed by atoms with van der Waals surface area (Å²) < 4.78 is 0. The molecule has 0 aliphatic heterocycles. The van der Waals surface area contributed by atoms with Crippen LogP contribution in [-0.4, -0.2) is 0 Å². The fourth-order valence-electron chi connectivity index (χ4n) is 3.78. The summed E-state index contributed by atoms with van der Waals surface area (Å²) in [5.41, 5.74) is 5.06. The van der Waals surface area contributed by atoms with Gasteiger partial charge in [0, 0.05) is 0 Å². The predicted octanol–water partition coefficient (Wildman–Crippen LogP) is 7.33. The van der Waals surface area contributed by atoms with Crippen molar-refractivity contribution >= 4 is 21.5 Å². The fraction of sp³-hybridized carbons (Fsp3) is 0. The van der Waals surface area contributed by atoms with E-state index in [9.17, 15) is 0 Å². The Morgan fingerprint density at radius 1 is 0.346 bits per heavy atom. The van der Waals surface area contributed by atoms with Gasteiger partial charge in [-0.25, -0.2) is 0 Å². The van der Waals surface area contributed by atoms with Gasteiger partial charge >= 0.3 is 0 Å². The van der Waals surface area contributed by atoms with Gasteiger partial charge in [0.1, 0.15) is 0 Å². The Kier molecular flexibility index (Phi) is 3.54. The molecule has 0 amide bonds. The van der Waals surface area contributed by atoms with Crippen LogP contribution >= 0.6 is 0 Å². The smallest absolute Gasteiger partial charge is 0.00990 e. The molecule has 0 saturated carbocycles. The molecule has 0 radical (unpaired) electrons. The van der Waals surface area contributed by atoms with Crippen molar-refractivity contribution in [2.24, 2.45) is 0 Å². The van der Waals surface area contributed by atoms with Gasteiger partial charge in [0.15, 0.2) is 0 Å². The molecule has 5 rings (SSSR count). The minimum Gasteiger partial charge on any atom is -0.0622 e. The second-order valence-corrected chi connectivity index (χ2v) is 6.64. The largest absolute Gasteiger partial charge is 0.0622 e. The summed E-state index contributed by atoms with van der Waals surface area (Å²) in [7, 11) is 0. The zero-order chi connectivity index (χ0) is 17.3. The molecular formula is C26H18. The standard InChI is InChI=1S/C26H18/c1-3-9-19(10-4-1)21-15-16-23-22(17-21)18-26(20-11-5-2-6-12-20)25-14-8-7-13-24(23)25/h1-18H. The van der Waals surface area contributed by atoms with E-state index in [4.69, 9.17) is 0 Å². The average molecular weight is 330 g/mol. The Hall–Kier alpha value is -3.38. The molecule has 0 fully saturated rings. The molecule has 0 atom stereocenters. The molecule has 0 nitrogen and oxygen atoms in total. The third-order valence-corrected chi connectivity index (χ3v) is 5.05. The molecule has 26 heavy (non-hydrogen) atoms. The van der Waals surface area contributed by atoms with Crippen molar-refractivity contribution in [2.75, 3.05) is 0 Å². The first-order valence-electron chi connectivity index (χ1n) is 8.96. The molecule has 0 N–H and O–H groups in total. The maximum absolute atomic E-state index is 2.33. The SMILES string of the molecule is c1ccc(-c2ccc3c(c2)cc(-c2ccccc2)c2ccccc23)cc1. The van der Waals surface area contributed by atoms with Gasteiger partial charge in [-0.05, 0) is 55.9 Å². The monoisotopic (exact) mass is 330 g/mol. The molecule has 0 unspecified atom stereocenters. The van der Waals surface area contributed by atoms with Crippen molar-refractivity contribution in [3.63, 3.8) is 0 Å². The molecule has 0 aliphatic carbocycles. The van der Waals surface area contributed by atoms with Crippen molar-refractivity contribution in [3.8, 4) is 22.3 Å². The first-order chi connectivity index (χ1) is 12.9. The summed E-state index contributed by atoms with van der Waals surface area (Å²) in [4.78, 5) is 0. The molecule has 0 bridgehead atoms. The Labute approximate surface area is 153 Å². The molecule has 5 aromatic rings. The van der Waals surface area contributed by atoms with Gasteiger partial charge in [-0.1, -0.05) is 97.1 Å². The van der Waals surface area contributed by atoms with Gasteiger partial charge in [0.05, 0.1) is 0 Å². The summed E-state index contributed by atoms with van der Waals surface area (Å²) in [6.45, 7) is 0. The lowest BCUT2D eigenvalue weighted by Crippen LogP contribution is -1.85. The molecule has 0 aromatic heterocycles. The highest BCUT2D eigenvalue weighted by Gasteiger charge is 2.09. The fourth-order valence-corrected chi connectivity index (χ4v) is 3.78. The minimum absolute atomic E-state index is 1.25. The van der Waals surface area contributed by atoms with Crippen molar-refractivity contribution < 1.29 is 0 Å². The highest BCUT2D eigenvalue weighted by Crippen LogP contribution is 2.36. The molecule has 5 aromatic carbocycles. The maximum Gasteiger partial charge on any atom is -0.00990 e. The van der Waals surface area contributed by atoms with Crippen LogP contribution in [0.1, 0.15) is 0 Å². The van der Waals surface area contributed by atoms with Crippen LogP contribution in [0.3, 0.4) is 0 Å². The lowest BCUT2D eigenvalue weighted by Gasteiger charge is -2.12. The van der Waals surface area contributed by atoms with E-state index in [0.29, 0.717) is 0 Å². The van der Waals surface area contributed by atoms with Crippen molar-refractivity contribution in [3.05, 3.63) is 109 Å². The van der Waals surface area contributed by atoms with Crippen LogP contribution in [-0.2, 0) is 0 Å². The van der Waals surface area contributed by atoms with Crippen molar-refractivity contribution in [1.82, 2.24) is 0 Å². The number of rotatable bonds is 2. The topological polar surface area (TPSA) is 0 Å². The Morgan fingerprint density at radius 2 is 0.962 bits per heavy atom. The van der Waals surface area contributed by atoms with E-state index in [0.717, 1.165) is 0 Å². The lowest BCUT2D eigenvalue weighted by atomic mass is 9.92. The van der Waals surface area contributed by atoms with Gasteiger partial charge in [-0.3, -0.25) is 0 Å². The lowest BCUT2D eigenvalue weighted by molar-refractivity contribution is 1.64. The number of benzene rings is 5. The highest BCUT2D eigenvalue weighted by molar-refractivity contribution is 6.14. The molecule has 122 valence electrons. The molecule has 0 heteroatoms. The second kappa shape index (κ2) is 6.16. The first-order valence-corrected chi connectivity index (χ1v) is 8.96.